The lowest BCUT2D eigenvalue weighted by atomic mass is 10.1. The van der Waals surface area contributed by atoms with Crippen molar-refractivity contribution in [1.29, 1.82) is 0 Å². The van der Waals surface area contributed by atoms with Crippen LogP contribution < -0.4 is 15.0 Å². The summed E-state index contributed by atoms with van der Waals surface area (Å²) in [6, 6.07) is 13.5. The molecule has 0 aliphatic carbocycles. The summed E-state index contributed by atoms with van der Waals surface area (Å²) in [6.45, 7) is 8.81. The Hall–Kier alpha value is -3.72. The lowest BCUT2D eigenvalue weighted by molar-refractivity contribution is 0.209. The van der Waals surface area contributed by atoms with Crippen LogP contribution in [-0.4, -0.2) is 63.8 Å². The molecule has 4 aromatic rings. The lowest BCUT2D eigenvalue weighted by Crippen LogP contribution is -2.49. The van der Waals surface area contributed by atoms with E-state index in [0.29, 0.717) is 23.0 Å². The number of aromatic nitrogens is 4. The average Bonchev–Trinajstić information content (AvgIpc) is 3.38. The van der Waals surface area contributed by atoms with E-state index >= 15 is 0 Å². The Bertz CT molecular complexity index is 1300. The molecule has 0 amide bonds. The highest BCUT2D eigenvalue weighted by Crippen LogP contribution is 2.28. The number of anilines is 2. The fourth-order valence-electron chi connectivity index (χ4n) is 4.56. The summed E-state index contributed by atoms with van der Waals surface area (Å²) in [5.74, 6) is 1.94. The van der Waals surface area contributed by atoms with Crippen molar-refractivity contribution in [1.82, 2.24) is 24.5 Å². The summed E-state index contributed by atoms with van der Waals surface area (Å²) >= 11 is 0. The molecule has 1 fully saturated rings. The first kappa shape index (κ1) is 23.0. The maximum absolute atomic E-state index is 14.3. The number of ether oxygens (including phenoxy) is 1. The van der Waals surface area contributed by atoms with E-state index in [1.807, 2.05) is 22.7 Å². The molecule has 0 atom stereocenters. The predicted molar refractivity (Wildman–Crippen MR) is 135 cm³/mol. The number of hydrogen-bond donors (Lipinski definition) is 1. The standard InChI is InChI=1S/C26H30FN7O/c1-18(2)32-11-13-33(14-12-32)24-9-7-19(15-28-24)20-8-10-25(34-17-30-31-26(20)34)29-16-21-22(27)5-4-6-23(21)35-3/h4-10,15,17-18,29H,11-14,16H2,1-3H3. The highest BCUT2D eigenvalue weighted by Gasteiger charge is 2.20. The van der Waals surface area contributed by atoms with Gasteiger partial charge in [-0.15, -0.1) is 10.2 Å². The van der Waals surface area contributed by atoms with Crippen LogP contribution in [0, 0.1) is 5.82 Å². The second-order valence-corrected chi connectivity index (χ2v) is 8.95. The molecule has 0 bridgehead atoms. The molecule has 182 valence electrons. The van der Waals surface area contributed by atoms with Gasteiger partial charge < -0.3 is 15.0 Å². The Balaban J connectivity index is 1.34. The number of nitrogens with zero attached hydrogens (tertiary/aromatic N) is 6. The third-order valence-corrected chi connectivity index (χ3v) is 6.63. The summed E-state index contributed by atoms with van der Waals surface area (Å²) < 4.78 is 21.5. The first-order chi connectivity index (χ1) is 17.0. The maximum atomic E-state index is 14.3. The molecule has 0 unspecified atom stereocenters. The van der Waals surface area contributed by atoms with Crippen LogP contribution in [0.5, 0.6) is 5.75 Å². The number of piperazine rings is 1. The summed E-state index contributed by atoms with van der Waals surface area (Å²) in [5, 5.41) is 11.7. The van der Waals surface area contributed by atoms with Gasteiger partial charge >= 0.3 is 0 Å². The topological polar surface area (TPSA) is 70.8 Å². The van der Waals surface area contributed by atoms with E-state index in [1.54, 1.807) is 18.5 Å². The molecule has 1 aromatic carbocycles. The van der Waals surface area contributed by atoms with Crippen LogP contribution in [0.1, 0.15) is 19.4 Å². The van der Waals surface area contributed by atoms with E-state index in [9.17, 15) is 4.39 Å². The van der Waals surface area contributed by atoms with Gasteiger partial charge in [0, 0.05) is 61.7 Å². The smallest absolute Gasteiger partial charge is 0.170 e. The molecule has 0 spiro atoms. The number of fused-ring (bicyclic) bond motifs is 1. The van der Waals surface area contributed by atoms with Crippen molar-refractivity contribution in [2.75, 3.05) is 43.5 Å². The van der Waals surface area contributed by atoms with Gasteiger partial charge in [-0.1, -0.05) is 6.07 Å². The third-order valence-electron chi connectivity index (χ3n) is 6.63. The largest absolute Gasteiger partial charge is 0.496 e. The molecule has 0 saturated carbocycles. The third kappa shape index (κ3) is 4.64. The number of hydrogen-bond acceptors (Lipinski definition) is 7. The molecule has 8 nitrogen and oxygen atoms in total. The highest BCUT2D eigenvalue weighted by molar-refractivity contribution is 5.79. The molecule has 35 heavy (non-hydrogen) atoms. The van der Waals surface area contributed by atoms with Gasteiger partial charge in [-0.3, -0.25) is 9.30 Å². The SMILES string of the molecule is COc1cccc(F)c1CNc1ccc(-c2ccc(N3CCN(C(C)C)CC3)nc2)c2nncn12. The molecule has 4 heterocycles. The van der Waals surface area contributed by atoms with Crippen molar-refractivity contribution < 1.29 is 9.13 Å². The van der Waals surface area contributed by atoms with Gasteiger partial charge in [0.05, 0.1) is 7.11 Å². The molecule has 1 aliphatic heterocycles. The first-order valence-corrected chi connectivity index (χ1v) is 11.9. The summed E-state index contributed by atoms with van der Waals surface area (Å²) in [4.78, 5) is 9.57. The van der Waals surface area contributed by atoms with Gasteiger partial charge in [-0.2, -0.15) is 0 Å². The summed E-state index contributed by atoms with van der Waals surface area (Å²) in [6.07, 6.45) is 3.54. The zero-order chi connectivity index (χ0) is 24.4. The molecular weight excluding hydrogens is 445 g/mol. The number of benzene rings is 1. The number of rotatable bonds is 7. The van der Waals surface area contributed by atoms with Crippen molar-refractivity contribution in [3.05, 3.63) is 66.4 Å². The Morgan fingerprint density at radius 2 is 1.89 bits per heavy atom. The minimum absolute atomic E-state index is 0.267. The van der Waals surface area contributed by atoms with Crippen molar-refractivity contribution >= 4 is 17.3 Å². The van der Waals surface area contributed by atoms with Crippen LogP contribution >= 0.6 is 0 Å². The van der Waals surface area contributed by atoms with E-state index in [2.05, 4.69) is 51.3 Å². The van der Waals surface area contributed by atoms with Gasteiger partial charge in [0.25, 0.3) is 0 Å². The van der Waals surface area contributed by atoms with Crippen LogP contribution in [0.25, 0.3) is 16.8 Å². The Morgan fingerprint density at radius 3 is 2.60 bits per heavy atom. The van der Waals surface area contributed by atoms with Crippen LogP contribution in [0.3, 0.4) is 0 Å². The quantitative estimate of drug-likeness (QED) is 0.432. The van der Waals surface area contributed by atoms with Crippen molar-refractivity contribution in [2.24, 2.45) is 0 Å². The first-order valence-electron chi connectivity index (χ1n) is 11.9. The molecule has 9 heteroatoms. The molecule has 3 aromatic heterocycles. The van der Waals surface area contributed by atoms with Gasteiger partial charge in [0.2, 0.25) is 0 Å². The van der Waals surface area contributed by atoms with E-state index in [4.69, 9.17) is 9.72 Å². The number of methoxy groups -OCH3 is 1. The van der Waals surface area contributed by atoms with Gasteiger partial charge in [-0.25, -0.2) is 9.37 Å². The molecule has 0 radical (unpaired) electrons. The molecule has 1 saturated heterocycles. The Kier molecular flexibility index (Phi) is 6.50. The average molecular weight is 476 g/mol. The second kappa shape index (κ2) is 9.87. The van der Waals surface area contributed by atoms with Gasteiger partial charge in [-0.05, 0) is 50.2 Å². The summed E-state index contributed by atoms with van der Waals surface area (Å²) in [7, 11) is 1.54. The fourth-order valence-corrected chi connectivity index (χ4v) is 4.56. The van der Waals surface area contributed by atoms with Crippen LogP contribution in [0.15, 0.2) is 55.0 Å². The molecule has 1 N–H and O–H groups in total. The van der Waals surface area contributed by atoms with Crippen LogP contribution in [-0.2, 0) is 6.54 Å². The van der Waals surface area contributed by atoms with Gasteiger partial charge in [0.15, 0.2) is 5.65 Å². The number of pyridine rings is 2. The zero-order valence-electron chi connectivity index (χ0n) is 20.3. The highest BCUT2D eigenvalue weighted by atomic mass is 19.1. The molecular formula is C26H30FN7O. The summed E-state index contributed by atoms with van der Waals surface area (Å²) in [5.41, 5.74) is 3.07. The Labute approximate surface area is 204 Å². The van der Waals surface area contributed by atoms with Crippen LogP contribution in [0.4, 0.5) is 16.0 Å². The van der Waals surface area contributed by atoms with E-state index < -0.39 is 0 Å². The minimum atomic E-state index is -0.315. The van der Waals surface area contributed by atoms with E-state index in [-0.39, 0.29) is 12.4 Å². The van der Waals surface area contributed by atoms with Gasteiger partial charge in [0.1, 0.15) is 29.5 Å². The second-order valence-electron chi connectivity index (χ2n) is 8.95. The minimum Gasteiger partial charge on any atom is -0.496 e. The van der Waals surface area contributed by atoms with Crippen LogP contribution in [0.2, 0.25) is 0 Å². The maximum Gasteiger partial charge on any atom is 0.170 e. The zero-order valence-corrected chi connectivity index (χ0v) is 20.3. The Morgan fingerprint density at radius 1 is 1.06 bits per heavy atom. The monoisotopic (exact) mass is 475 g/mol. The van der Waals surface area contributed by atoms with Crippen molar-refractivity contribution in [2.45, 2.75) is 26.4 Å². The van der Waals surface area contributed by atoms with Crippen molar-refractivity contribution in [3.8, 4) is 16.9 Å². The number of nitrogens with one attached hydrogen (secondary N) is 1. The van der Waals surface area contributed by atoms with Crippen molar-refractivity contribution in [3.63, 3.8) is 0 Å². The van der Waals surface area contributed by atoms with E-state index in [0.717, 1.165) is 48.9 Å². The van der Waals surface area contributed by atoms with E-state index in [1.165, 1.54) is 13.2 Å². The normalized spacial score (nSPS) is 14.6. The molecule has 1 aliphatic rings. The lowest BCUT2D eigenvalue weighted by Gasteiger charge is -2.37. The fraction of sp³-hybridized carbons (Fsp3) is 0.346. The number of halogens is 1. The predicted octanol–water partition coefficient (Wildman–Crippen LogP) is 4.08. The molecule has 5 rings (SSSR count).